The summed E-state index contributed by atoms with van der Waals surface area (Å²) in [5.74, 6) is 0.327. The van der Waals surface area contributed by atoms with E-state index in [9.17, 15) is 13.2 Å². The van der Waals surface area contributed by atoms with Gasteiger partial charge in [0.15, 0.2) is 6.29 Å². The second kappa shape index (κ2) is 6.77. The fourth-order valence-corrected chi connectivity index (χ4v) is 2.92. The van der Waals surface area contributed by atoms with Crippen molar-refractivity contribution in [1.29, 1.82) is 0 Å². The van der Waals surface area contributed by atoms with Gasteiger partial charge in [-0.1, -0.05) is 18.2 Å². The van der Waals surface area contributed by atoms with Gasteiger partial charge in [0.2, 0.25) is 0 Å². The summed E-state index contributed by atoms with van der Waals surface area (Å²) in [5, 5.41) is 3.25. The standard InChI is InChI=1S/C15H20F3NO2/c1-20-14(21-2)13-9-19-8-11(13)6-10-4-3-5-12(7-10)15(16,17)18/h3-5,7,11,13-14,19H,6,8-9H2,1-2H3/t11-,13-/m1/s1. The lowest BCUT2D eigenvalue weighted by molar-refractivity contribution is -0.141. The Bertz CT molecular complexity index is 460. The third-order valence-electron chi connectivity index (χ3n) is 3.96. The molecule has 0 aliphatic carbocycles. The van der Waals surface area contributed by atoms with Gasteiger partial charge in [-0.3, -0.25) is 0 Å². The van der Waals surface area contributed by atoms with Crippen molar-refractivity contribution < 1.29 is 22.6 Å². The number of hydrogen-bond acceptors (Lipinski definition) is 3. The van der Waals surface area contributed by atoms with Crippen molar-refractivity contribution in [3.63, 3.8) is 0 Å². The van der Waals surface area contributed by atoms with Gasteiger partial charge in [0.1, 0.15) is 0 Å². The molecule has 2 atom stereocenters. The highest BCUT2D eigenvalue weighted by Gasteiger charge is 2.35. The summed E-state index contributed by atoms with van der Waals surface area (Å²) in [6.45, 7) is 1.50. The van der Waals surface area contributed by atoms with Crippen LogP contribution in [0.4, 0.5) is 13.2 Å². The largest absolute Gasteiger partial charge is 0.416 e. The average Bonchev–Trinajstić information content (AvgIpc) is 2.88. The molecule has 0 unspecified atom stereocenters. The average molecular weight is 303 g/mol. The van der Waals surface area contributed by atoms with E-state index in [1.165, 1.54) is 12.1 Å². The Morgan fingerprint density at radius 1 is 1.24 bits per heavy atom. The van der Waals surface area contributed by atoms with Gasteiger partial charge in [0.25, 0.3) is 0 Å². The van der Waals surface area contributed by atoms with Crippen LogP contribution in [0.1, 0.15) is 11.1 Å². The Labute approximate surface area is 122 Å². The van der Waals surface area contributed by atoms with E-state index in [1.807, 2.05) is 0 Å². The van der Waals surface area contributed by atoms with Gasteiger partial charge >= 0.3 is 6.18 Å². The maximum absolute atomic E-state index is 12.7. The first-order chi connectivity index (χ1) is 9.95. The number of rotatable bonds is 5. The summed E-state index contributed by atoms with van der Waals surface area (Å²) < 4.78 is 48.8. The second-order valence-electron chi connectivity index (χ2n) is 5.32. The van der Waals surface area contributed by atoms with Crippen LogP contribution in [0.3, 0.4) is 0 Å². The minimum Gasteiger partial charge on any atom is -0.356 e. The fourth-order valence-electron chi connectivity index (χ4n) is 2.92. The lowest BCUT2D eigenvalue weighted by Crippen LogP contribution is -2.31. The van der Waals surface area contributed by atoms with Crippen LogP contribution in [0.25, 0.3) is 0 Å². The Kier molecular flexibility index (Phi) is 5.24. The van der Waals surface area contributed by atoms with E-state index in [4.69, 9.17) is 9.47 Å². The number of halogens is 3. The smallest absolute Gasteiger partial charge is 0.356 e. The fraction of sp³-hybridized carbons (Fsp3) is 0.600. The van der Waals surface area contributed by atoms with E-state index in [0.29, 0.717) is 12.0 Å². The van der Waals surface area contributed by atoms with Crippen molar-refractivity contribution in [1.82, 2.24) is 5.32 Å². The second-order valence-corrected chi connectivity index (χ2v) is 5.32. The van der Waals surface area contributed by atoms with Crippen LogP contribution in [-0.4, -0.2) is 33.6 Å². The lowest BCUT2D eigenvalue weighted by Gasteiger charge is -2.25. The van der Waals surface area contributed by atoms with Crippen molar-refractivity contribution in [3.8, 4) is 0 Å². The molecule has 1 aromatic carbocycles. The van der Waals surface area contributed by atoms with E-state index in [-0.39, 0.29) is 18.1 Å². The summed E-state index contributed by atoms with van der Waals surface area (Å²) in [5.41, 5.74) is 0.0898. The van der Waals surface area contributed by atoms with Crippen LogP contribution in [0, 0.1) is 11.8 Å². The van der Waals surface area contributed by atoms with Gasteiger partial charge in [-0.05, 0) is 30.5 Å². The molecular formula is C15H20F3NO2. The normalized spacial score (nSPS) is 23.0. The number of benzene rings is 1. The van der Waals surface area contributed by atoms with Gasteiger partial charge in [-0.2, -0.15) is 13.2 Å². The summed E-state index contributed by atoms with van der Waals surface area (Å²) >= 11 is 0. The molecule has 1 saturated heterocycles. The lowest BCUT2D eigenvalue weighted by atomic mass is 9.88. The van der Waals surface area contributed by atoms with E-state index >= 15 is 0 Å². The molecule has 21 heavy (non-hydrogen) atoms. The summed E-state index contributed by atoms with van der Waals surface area (Å²) in [6.07, 6.45) is -4.06. The SMILES string of the molecule is COC(OC)[C@@H]1CNC[C@H]1Cc1cccc(C(F)(F)F)c1. The number of ether oxygens (including phenoxy) is 2. The molecule has 0 amide bonds. The van der Waals surface area contributed by atoms with Gasteiger partial charge < -0.3 is 14.8 Å². The summed E-state index contributed by atoms with van der Waals surface area (Å²) in [6, 6.07) is 5.52. The van der Waals surface area contributed by atoms with Crippen LogP contribution in [-0.2, 0) is 22.1 Å². The Morgan fingerprint density at radius 2 is 1.95 bits per heavy atom. The van der Waals surface area contributed by atoms with Crippen LogP contribution in [0.2, 0.25) is 0 Å². The van der Waals surface area contributed by atoms with E-state index in [0.717, 1.165) is 19.2 Å². The predicted octanol–water partition coefficient (Wildman–Crippen LogP) is 2.70. The zero-order valence-corrected chi connectivity index (χ0v) is 12.1. The molecule has 0 spiro atoms. The Balaban J connectivity index is 2.10. The maximum Gasteiger partial charge on any atom is 0.416 e. The Morgan fingerprint density at radius 3 is 2.57 bits per heavy atom. The predicted molar refractivity (Wildman–Crippen MR) is 72.8 cm³/mol. The molecule has 1 aliphatic rings. The summed E-state index contributed by atoms with van der Waals surface area (Å²) in [4.78, 5) is 0. The molecule has 1 fully saturated rings. The van der Waals surface area contributed by atoms with E-state index in [2.05, 4.69) is 5.32 Å². The third-order valence-corrected chi connectivity index (χ3v) is 3.96. The minimum absolute atomic E-state index is 0.134. The molecule has 3 nitrogen and oxygen atoms in total. The molecule has 1 N–H and O–H groups in total. The van der Waals surface area contributed by atoms with Crippen molar-refractivity contribution in [2.24, 2.45) is 11.8 Å². The molecule has 0 saturated carbocycles. The molecule has 118 valence electrons. The van der Waals surface area contributed by atoms with Crippen molar-refractivity contribution >= 4 is 0 Å². The first-order valence-corrected chi connectivity index (χ1v) is 6.88. The number of alkyl halides is 3. The van der Waals surface area contributed by atoms with Crippen molar-refractivity contribution in [2.75, 3.05) is 27.3 Å². The van der Waals surface area contributed by atoms with Crippen LogP contribution in [0.15, 0.2) is 24.3 Å². The molecule has 0 bridgehead atoms. The molecule has 2 rings (SSSR count). The molecule has 0 radical (unpaired) electrons. The van der Waals surface area contributed by atoms with Gasteiger partial charge in [-0.15, -0.1) is 0 Å². The first-order valence-electron chi connectivity index (χ1n) is 6.88. The van der Waals surface area contributed by atoms with Crippen LogP contribution < -0.4 is 5.32 Å². The highest BCUT2D eigenvalue weighted by atomic mass is 19.4. The molecule has 6 heteroatoms. The topological polar surface area (TPSA) is 30.5 Å². The number of hydrogen-bond donors (Lipinski definition) is 1. The quantitative estimate of drug-likeness (QED) is 0.849. The van der Waals surface area contributed by atoms with Crippen LogP contribution >= 0.6 is 0 Å². The number of nitrogens with one attached hydrogen (secondary N) is 1. The maximum atomic E-state index is 12.7. The summed E-state index contributed by atoms with van der Waals surface area (Å²) in [7, 11) is 3.15. The number of methoxy groups -OCH3 is 2. The molecule has 1 aliphatic heterocycles. The molecule has 0 aromatic heterocycles. The van der Waals surface area contributed by atoms with Gasteiger partial charge in [0, 0.05) is 26.7 Å². The zero-order chi connectivity index (χ0) is 15.5. The van der Waals surface area contributed by atoms with E-state index < -0.39 is 11.7 Å². The highest BCUT2D eigenvalue weighted by Crippen LogP contribution is 2.31. The van der Waals surface area contributed by atoms with Crippen LogP contribution in [0.5, 0.6) is 0 Å². The molecule has 1 aromatic rings. The Hall–Kier alpha value is -1.11. The van der Waals surface area contributed by atoms with Gasteiger partial charge in [-0.25, -0.2) is 0 Å². The first kappa shape index (κ1) is 16.3. The minimum atomic E-state index is -4.30. The molecule has 1 heterocycles. The third kappa shape index (κ3) is 3.96. The van der Waals surface area contributed by atoms with Crippen molar-refractivity contribution in [2.45, 2.75) is 18.9 Å². The van der Waals surface area contributed by atoms with Gasteiger partial charge in [0.05, 0.1) is 5.56 Å². The van der Waals surface area contributed by atoms with E-state index in [1.54, 1.807) is 20.3 Å². The zero-order valence-electron chi connectivity index (χ0n) is 12.1. The highest BCUT2D eigenvalue weighted by molar-refractivity contribution is 5.26. The van der Waals surface area contributed by atoms with Crippen molar-refractivity contribution in [3.05, 3.63) is 35.4 Å². The monoisotopic (exact) mass is 303 g/mol. The molecular weight excluding hydrogens is 283 g/mol.